The number of hydrogen-bond acceptors (Lipinski definition) is 4. The van der Waals surface area contributed by atoms with E-state index in [9.17, 15) is 9.90 Å². The summed E-state index contributed by atoms with van der Waals surface area (Å²) in [4.78, 5) is 11.5. The highest BCUT2D eigenvalue weighted by Crippen LogP contribution is 1.88. The quantitative estimate of drug-likeness (QED) is 0.485. The minimum atomic E-state index is -0.573. The molecule has 2 atom stereocenters. The van der Waals surface area contributed by atoms with Crippen LogP contribution in [0.5, 0.6) is 0 Å². The van der Waals surface area contributed by atoms with Gasteiger partial charge in [-0.25, -0.2) is 0 Å². The summed E-state index contributed by atoms with van der Waals surface area (Å²) >= 11 is 0. The molecular weight excluding hydrogens is 208 g/mol. The maximum Gasteiger partial charge on any atom is 0.236 e. The second-order valence-electron chi connectivity index (χ2n) is 3.88. The van der Waals surface area contributed by atoms with E-state index in [1.807, 2.05) is 0 Å². The van der Waals surface area contributed by atoms with Crippen molar-refractivity contribution in [2.45, 2.75) is 38.8 Å². The molecule has 0 aromatic heterocycles. The Balaban J connectivity index is 3.62. The van der Waals surface area contributed by atoms with Gasteiger partial charge in [0.1, 0.15) is 0 Å². The number of rotatable bonds is 9. The van der Waals surface area contributed by atoms with E-state index in [4.69, 9.17) is 4.74 Å². The predicted octanol–water partition coefficient (Wildman–Crippen LogP) is -0.112. The van der Waals surface area contributed by atoms with Crippen molar-refractivity contribution in [2.24, 2.45) is 0 Å². The van der Waals surface area contributed by atoms with Crippen LogP contribution in [0.1, 0.15) is 26.7 Å². The Morgan fingerprint density at radius 1 is 1.50 bits per heavy atom. The lowest BCUT2D eigenvalue weighted by Crippen LogP contribution is -2.45. The van der Waals surface area contributed by atoms with Gasteiger partial charge in [0.05, 0.1) is 18.8 Å². The van der Waals surface area contributed by atoms with E-state index in [0.29, 0.717) is 13.1 Å². The number of nitrogens with one attached hydrogen (secondary N) is 2. The molecule has 0 bridgehead atoms. The third-order valence-electron chi connectivity index (χ3n) is 2.24. The van der Waals surface area contributed by atoms with Gasteiger partial charge in [-0.1, -0.05) is 13.3 Å². The molecule has 0 fully saturated rings. The van der Waals surface area contributed by atoms with Gasteiger partial charge >= 0.3 is 0 Å². The molecule has 0 aromatic rings. The first-order valence-corrected chi connectivity index (χ1v) is 5.79. The predicted molar refractivity (Wildman–Crippen MR) is 63.3 cm³/mol. The highest BCUT2D eigenvalue weighted by atomic mass is 16.5. The van der Waals surface area contributed by atoms with Crippen LogP contribution in [0.2, 0.25) is 0 Å². The van der Waals surface area contributed by atoms with Crippen LogP contribution in [0.15, 0.2) is 0 Å². The third-order valence-corrected chi connectivity index (χ3v) is 2.24. The fraction of sp³-hybridized carbons (Fsp3) is 0.909. The Hall–Kier alpha value is -0.650. The van der Waals surface area contributed by atoms with Crippen molar-refractivity contribution in [2.75, 3.05) is 26.8 Å². The summed E-state index contributed by atoms with van der Waals surface area (Å²) in [6, 6.07) is -0.289. The molecule has 0 aliphatic carbocycles. The van der Waals surface area contributed by atoms with E-state index in [1.54, 1.807) is 6.92 Å². The standard InChI is InChI=1S/C11H24N2O3/c1-4-5-6-12-11(15)9(2)13-7-10(14)8-16-3/h9-10,13-14H,4-8H2,1-3H3,(H,12,15). The van der Waals surface area contributed by atoms with Crippen molar-refractivity contribution < 1.29 is 14.6 Å². The summed E-state index contributed by atoms with van der Waals surface area (Å²) in [5, 5.41) is 15.2. The molecule has 96 valence electrons. The molecule has 0 aliphatic rings. The number of aliphatic hydroxyl groups excluding tert-OH is 1. The Bertz CT molecular complexity index is 188. The summed E-state index contributed by atoms with van der Waals surface area (Å²) in [6.07, 6.45) is 1.48. The Morgan fingerprint density at radius 3 is 2.75 bits per heavy atom. The lowest BCUT2D eigenvalue weighted by Gasteiger charge is -2.16. The van der Waals surface area contributed by atoms with Crippen LogP contribution >= 0.6 is 0 Å². The van der Waals surface area contributed by atoms with Gasteiger partial charge in [-0.2, -0.15) is 0 Å². The molecule has 0 heterocycles. The monoisotopic (exact) mass is 232 g/mol. The lowest BCUT2D eigenvalue weighted by molar-refractivity contribution is -0.122. The normalized spacial score (nSPS) is 14.5. The molecule has 0 aromatic carbocycles. The maximum absolute atomic E-state index is 11.5. The number of carbonyl (C=O) groups is 1. The first kappa shape index (κ1) is 15.3. The molecule has 5 heteroatoms. The number of carbonyl (C=O) groups excluding carboxylic acids is 1. The first-order chi connectivity index (χ1) is 7.61. The van der Waals surface area contributed by atoms with Gasteiger partial charge in [-0.05, 0) is 13.3 Å². The summed E-state index contributed by atoms with van der Waals surface area (Å²) in [6.45, 7) is 5.20. The van der Waals surface area contributed by atoms with Gasteiger partial charge in [0.2, 0.25) is 5.91 Å². The molecule has 3 N–H and O–H groups in total. The molecule has 0 spiro atoms. The Kier molecular flexibility index (Phi) is 9.18. The first-order valence-electron chi connectivity index (χ1n) is 5.79. The van der Waals surface area contributed by atoms with Gasteiger partial charge in [-0.15, -0.1) is 0 Å². The fourth-order valence-electron chi connectivity index (χ4n) is 1.20. The number of aliphatic hydroxyl groups is 1. The zero-order chi connectivity index (χ0) is 12.4. The maximum atomic E-state index is 11.5. The average Bonchev–Trinajstić information content (AvgIpc) is 2.26. The smallest absolute Gasteiger partial charge is 0.236 e. The molecule has 0 radical (unpaired) electrons. The molecule has 5 nitrogen and oxygen atoms in total. The largest absolute Gasteiger partial charge is 0.389 e. The minimum absolute atomic E-state index is 0.0296. The van der Waals surface area contributed by atoms with E-state index in [-0.39, 0.29) is 18.6 Å². The zero-order valence-electron chi connectivity index (χ0n) is 10.5. The lowest BCUT2D eigenvalue weighted by atomic mass is 10.2. The molecule has 16 heavy (non-hydrogen) atoms. The second-order valence-corrected chi connectivity index (χ2v) is 3.88. The van der Waals surface area contributed by atoms with Crippen molar-refractivity contribution in [3.8, 4) is 0 Å². The summed E-state index contributed by atoms with van der Waals surface area (Å²) in [5.74, 6) is -0.0296. The Labute approximate surface area is 97.6 Å². The van der Waals surface area contributed by atoms with Crippen molar-refractivity contribution in [1.29, 1.82) is 0 Å². The number of hydrogen-bond donors (Lipinski definition) is 3. The number of ether oxygens (including phenoxy) is 1. The van der Waals surface area contributed by atoms with E-state index >= 15 is 0 Å². The molecule has 0 rings (SSSR count). The van der Waals surface area contributed by atoms with E-state index in [2.05, 4.69) is 17.6 Å². The topological polar surface area (TPSA) is 70.6 Å². The SMILES string of the molecule is CCCCNC(=O)C(C)NCC(O)COC. The van der Waals surface area contributed by atoms with Crippen LogP contribution in [0, 0.1) is 0 Å². The number of unbranched alkanes of at least 4 members (excludes halogenated alkanes) is 1. The molecule has 2 unspecified atom stereocenters. The van der Waals surface area contributed by atoms with E-state index in [0.717, 1.165) is 12.8 Å². The van der Waals surface area contributed by atoms with Gasteiger partial charge in [0.15, 0.2) is 0 Å². The second kappa shape index (κ2) is 9.57. The zero-order valence-corrected chi connectivity index (χ0v) is 10.5. The highest BCUT2D eigenvalue weighted by Gasteiger charge is 2.13. The van der Waals surface area contributed by atoms with Crippen molar-refractivity contribution >= 4 is 5.91 Å². The average molecular weight is 232 g/mol. The molecule has 0 aliphatic heterocycles. The van der Waals surface area contributed by atoms with Crippen LogP contribution in [-0.4, -0.2) is 50.0 Å². The van der Waals surface area contributed by atoms with Gasteiger partial charge in [0, 0.05) is 20.2 Å². The minimum Gasteiger partial charge on any atom is -0.389 e. The summed E-state index contributed by atoms with van der Waals surface area (Å²) < 4.78 is 4.79. The third kappa shape index (κ3) is 7.62. The van der Waals surface area contributed by atoms with E-state index < -0.39 is 6.10 Å². The summed E-state index contributed by atoms with van der Waals surface area (Å²) in [5.41, 5.74) is 0. The van der Waals surface area contributed by atoms with Crippen LogP contribution in [0.25, 0.3) is 0 Å². The van der Waals surface area contributed by atoms with Gasteiger partial charge in [-0.3, -0.25) is 4.79 Å². The molecule has 0 saturated carbocycles. The van der Waals surface area contributed by atoms with Crippen LogP contribution in [-0.2, 0) is 9.53 Å². The number of amides is 1. The van der Waals surface area contributed by atoms with E-state index in [1.165, 1.54) is 7.11 Å². The Morgan fingerprint density at radius 2 is 2.19 bits per heavy atom. The van der Waals surface area contributed by atoms with Crippen molar-refractivity contribution in [3.63, 3.8) is 0 Å². The summed E-state index contributed by atoms with van der Waals surface area (Å²) in [7, 11) is 1.53. The van der Waals surface area contributed by atoms with Crippen LogP contribution in [0.3, 0.4) is 0 Å². The highest BCUT2D eigenvalue weighted by molar-refractivity contribution is 5.81. The molecular formula is C11H24N2O3. The van der Waals surface area contributed by atoms with Crippen LogP contribution in [0.4, 0.5) is 0 Å². The van der Waals surface area contributed by atoms with Crippen LogP contribution < -0.4 is 10.6 Å². The van der Waals surface area contributed by atoms with Gasteiger partial charge < -0.3 is 20.5 Å². The molecule has 1 amide bonds. The molecule has 0 saturated heterocycles. The number of methoxy groups -OCH3 is 1. The van der Waals surface area contributed by atoms with Crippen molar-refractivity contribution in [1.82, 2.24) is 10.6 Å². The fourth-order valence-corrected chi connectivity index (χ4v) is 1.20. The van der Waals surface area contributed by atoms with Gasteiger partial charge in [0.25, 0.3) is 0 Å². The van der Waals surface area contributed by atoms with Crippen molar-refractivity contribution in [3.05, 3.63) is 0 Å².